The fourth-order valence-electron chi connectivity index (χ4n) is 1.19. The minimum absolute atomic E-state index is 0.0516. The number of anilines is 1. The molecule has 0 aliphatic heterocycles. The van der Waals surface area contributed by atoms with Crippen molar-refractivity contribution in [3.63, 3.8) is 0 Å². The fourth-order valence-corrected chi connectivity index (χ4v) is 1.27. The number of nitrogens with one attached hydrogen (secondary N) is 2. The van der Waals surface area contributed by atoms with Crippen LogP contribution in [0, 0.1) is 12.7 Å². The predicted molar refractivity (Wildman–Crippen MR) is 69.6 cm³/mol. The van der Waals surface area contributed by atoms with Gasteiger partial charge in [0.1, 0.15) is 5.82 Å². The largest absolute Gasteiger partial charge is 0.392 e. The molecule has 0 aromatic heterocycles. The summed E-state index contributed by atoms with van der Waals surface area (Å²) in [5.41, 5.74) is 6.06. The average molecular weight is 269 g/mol. The molecule has 18 heavy (non-hydrogen) atoms. The number of amides is 2. The number of rotatable bonds is 3. The highest BCUT2D eigenvalue weighted by Gasteiger charge is 2.14. The molecule has 96 valence electrons. The quantitative estimate of drug-likeness (QED) is 0.550. The van der Waals surface area contributed by atoms with E-state index in [2.05, 4.69) is 22.9 Å². The van der Waals surface area contributed by atoms with Gasteiger partial charge in [-0.05, 0) is 30.7 Å². The lowest BCUT2D eigenvalue weighted by atomic mass is 10.2. The van der Waals surface area contributed by atoms with Crippen molar-refractivity contribution in [2.45, 2.75) is 6.92 Å². The highest BCUT2D eigenvalue weighted by molar-refractivity contribution is 7.80. The van der Waals surface area contributed by atoms with Crippen LogP contribution in [0.5, 0.6) is 0 Å². The van der Waals surface area contributed by atoms with Crippen molar-refractivity contribution in [2.75, 3.05) is 11.9 Å². The summed E-state index contributed by atoms with van der Waals surface area (Å²) in [4.78, 5) is 22.9. The molecule has 0 saturated carbocycles. The SMILES string of the molecule is Cc1cc(F)ccc1NC(=O)C(=O)NCC(N)=S. The highest BCUT2D eigenvalue weighted by Crippen LogP contribution is 2.15. The molecule has 1 aromatic carbocycles. The van der Waals surface area contributed by atoms with Crippen LogP contribution in [0.15, 0.2) is 18.2 Å². The van der Waals surface area contributed by atoms with Gasteiger partial charge in [0.15, 0.2) is 0 Å². The number of carbonyl (C=O) groups excluding carboxylic acids is 2. The summed E-state index contributed by atoms with van der Waals surface area (Å²) < 4.78 is 12.8. The number of thiocarbonyl (C=S) groups is 1. The van der Waals surface area contributed by atoms with Gasteiger partial charge in [0.25, 0.3) is 0 Å². The van der Waals surface area contributed by atoms with Gasteiger partial charge in [-0.25, -0.2) is 4.39 Å². The van der Waals surface area contributed by atoms with Gasteiger partial charge in [-0.3, -0.25) is 9.59 Å². The van der Waals surface area contributed by atoms with Crippen LogP contribution < -0.4 is 16.4 Å². The molecule has 2 amide bonds. The summed E-state index contributed by atoms with van der Waals surface area (Å²) in [7, 11) is 0. The fraction of sp³-hybridized carbons (Fsp3) is 0.182. The van der Waals surface area contributed by atoms with Crippen LogP contribution in [0.1, 0.15) is 5.56 Å². The van der Waals surface area contributed by atoms with Crippen LogP contribution >= 0.6 is 12.2 Å². The Morgan fingerprint density at radius 2 is 2.06 bits per heavy atom. The molecule has 0 spiro atoms. The highest BCUT2D eigenvalue weighted by atomic mass is 32.1. The Labute approximate surface area is 109 Å². The maximum absolute atomic E-state index is 12.8. The summed E-state index contributed by atoms with van der Waals surface area (Å²) in [6.07, 6.45) is 0. The summed E-state index contributed by atoms with van der Waals surface area (Å²) in [5.74, 6) is -2.13. The maximum atomic E-state index is 12.8. The second-order valence-corrected chi connectivity index (χ2v) is 4.09. The van der Waals surface area contributed by atoms with Crippen LogP contribution in [-0.2, 0) is 9.59 Å². The van der Waals surface area contributed by atoms with E-state index in [1.165, 1.54) is 18.2 Å². The Balaban J connectivity index is 2.64. The molecule has 1 aromatic rings. The van der Waals surface area contributed by atoms with Crippen LogP contribution in [-0.4, -0.2) is 23.3 Å². The summed E-state index contributed by atoms with van der Waals surface area (Å²) in [6.45, 7) is 1.57. The summed E-state index contributed by atoms with van der Waals surface area (Å²) in [5, 5.41) is 4.60. The molecule has 0 unspecified atom stereocenters. The summed E-state index contributed by atoms with van der Waals surface area (Å²) >= 11 is 4.55. The molecule has 0 fully saturated rings. The minimum Gasteiger partial charge on any atom is -0.392 e. The lowest BCUT2D eigenvalue weighted by Gasteiger charge is -2.08. The normalized spacial score (nSPS) is 9.67. The topological polar surface area (TPSA) is 84.2 Å². The van der Waals surface area contributed by atoms with Crippen molar-refractivity contribution in [3.05, 3.63) is 29.6 Å². The van der Waals surface area contributed by atoms with Crippen molar-refractivity contribution >= 4 is 34.7 Å². The van der Waals surface area contributed by atoms with E-state index in [0.717, 1.165) is 0 Å². The van der Waals surface area contributed by atoms with Crippen molar-refractivity contribution in [3.8, 4) is 0 Å². The second kappa shape index (κ2) is 6.06. The molecule has 0 aliphatic carbocycles. The number of nitrogens with two attached hydrogens (primary N) is 1. The van der Waals surface area contributed by atoms with Crippen LogP contribution in [0.4, 0.5) is 10.1 Å². The number of aryl methyl sites for hydroxylation is 1. The third-order valence-electron chi connectivity index (χ3n) is 2.07. The first-order valence-corrected chi connectivity index (χ1v) is 5.44. The number of halogens is 1. The lowest BCUT2D eigenvalue weighted by Crippen LogP contribution is -2.39. The third kappa shape index (κ3) is 4.10. The summed E-state index contributed by atoms with van der Waals surface area (Å²) in [6, 6.07) is 3.82. The van der Waals surface area contributed by atoms with Gasteiger partial charge in [0.05, 0.1) is 11.5 Å². The van der Waals surface area contributed by atoms with Crippen molar-refractivity contribution in [1.82, 2.24) is 5.32 Å². The van der Waals surface area contributed by atoms with Gasteiger partial charge < -0.3 is 16.4 Å². The van der Waals surface area contributed by atoms with Crippen LogP contribution in [0.25, 0.3) is 0 Å². The Kier molecular flexibility index (Phi) is 4.73. The zero-order valence-electron chi connectivity index (χ0n) is 9.62. The second-order valence-electron chi connectivity index (χ2n) is 3.56. The predicted octanol–water partition coefficient (Wildman–Crippen LogP) is 0.475. The smallest absolute Gasteiger partial charge is 0.313 e. The molecule has 0 bridgehead atoms. The zero-order valence-corrected chi connectivity index (χ0v) is 10.4. The van der Waals surface area contributed by atoms with Gasteiger partial charge in [0.2, 0.25) is 0 Å². The Bertz CT molecular complexity index is 505. The molecular weight excluding hydrogens is 257 g/mol. The van der Waals surface area contributed by atoms with E-state index in [1.807, 2.05) is 0 Å². The molecule has 1 rings (SSSR count). The van der Waals surface area contributed by atoms with Gasteiger partial charge in [-0.15, -0.1) is 0 Å². The molecule has 4 N–H and O–H groups in total. The van der Waals surface area contributed by atoms with Gasteiger partial charge >= 0.3 is 11.8 Å². The number of hydrogen-bond donors (Lipinski definition) is 3. The Hall–Kier alpha value is -2.02. The van der Waals surface area contributed by atoms with E-state index in [9.17, 15) is 14.0 Å². The van der Waals surface area contributed by atoms with Crippen molar-refractivity contribution in [1.29, 1.82) is 0 Å². The monoisotopic (exact) mass is 269 g/mol. The zero-order chi connectivity index (χ0) is 13.7. The van der Waals surface area contributed by atoms with E-state index in [0.29, 0.717) is 11.3 Å². The number of hydrogen-bond acceptors (Lipinski definition) is 3. The first-order valence-electron chi connectivity index (χ1n) is 5.04. The van der Waals surface area contributed by atoms with E-state index in [1.54, 1.807) is 6.92 Å². The number of carbonyl (C=O) groups is 2. The molecule has 5 nitrogen and oxygen atoms in total. The first kappa shape index (κ1) is 14.0. The van der Waals surface area contributed by atoms with Gasteiger partial charge in [-0.1, -0.05) is 12.2 Å². The lowest BCUT2D eigenvalue weighted by molar-refractivity contribution is -0.135. The van der Waals surface area contributed by atoms with Gasteiger partial charge in [-0.2, -0.15) is 0 Å². The average Bonchev–Trinajstić information content (AvgIpc) is 2.29. The molecule has 0 saturated heterocycles. The minimum atomic E-state index is -0.860. The van der Waals surface area contributed by atoms with Crippen LogP contribution in [0.2, 0.25) is 0 Å². The standard InChI is InChI=1S/C11H12FN3O2S/c1-6-4-7(12)2-3-8(6)15-11(17)10(16)14-5-9(13)18/h2-4H,5H2,1H3,(H2,13,18)(H,14,16)(H,15,17). The van der Waals surface area contributed by atoms with Crippen LogP contribution in [0.3, 0.4) is 0 Å². The Morgan fingerprint density at radius 1 is 1.39 bits per heavy atom. The Morgan fingerprint density at radius 3 is 2.61 bits per heavy atom. The van der Waals surface area contributed by atoms with E-state index in [-0.39, 0.29) is 11.5 Å². The molecule has 0 heterocycles. The van der Waals surface area contributed by atoms with E-state index >= 15 is 0 Å². The molecule has 0 atom stereocenters. The molecule has 0 radical (unpaired) electrons. The molecule has 7 heteroatoms. The van der Waals surface area contributed by atoms with Crippen molar-refractivity contribution in [2.24, 2.45) is 5.73 Å². The van der Waals surface area contributed by atoms with E-state index in [4.69, 9.17) is 5.73 Å². The van der Waals surface area contributed by atoms with E-state index < -0.39 is 17.6 Å². The first-order chi connectivity index (χ1) is 8.40. The number of benzene rings is 1. The molecular formula is C11H12FN3O2S. The third-order valence-corrected chi connectivity index (χ3v) is 2.21. The molecule has 0 aliphatic rings. The maximum Gasteiger partial charge on any atom is 0.313 e. The van der Waals surface area contributed by atoms with Crippen molar-refractivity contribution < 1.29 is 14.0 Å². The van der Waals surface area contributed by atoms with Gasteiger partial charge in [0, 0.05) is 5.69 Å².